The number of benzene rings is 1. The monoisotopic (exact) mass is 269 g/mol. The van der Waals surface area contributed by atoms with Crippen LogP contribution < -0.4 is 5.32 Å². The van der Waals surface area contributed by atoms with Crippen molar-refractivity contribution < 1.29 is 0 Å². The minimum absolute atomic E-state index is 0.416. The Balaban J connectivity index is 1.91. The highest BCUT2D eigenvalue weighted by atomic mass is 35.5. The van der Waals surface area contributed by atoms with Gasteiger partial charge in [-0.2, -0.15) is 11.8 Å². The molecule has 94 valence electrons. The second-order valence-electron chi connectivity index (χ2n) is 4.64. The second-order valence-corrected chi connectivity index (χ2v) is 6.41. The fraction of sp³-hybridized carbons (Fsp3) is 0.571. The summed E-state index contributed by atoms with van der Waals surface area (Å²) in [5.74, 6) is 1.14. The fourth-order valence-electron chi connectivity index (χ4n) is 2.36. The van der Waals surface area contributed by atoms with Gasteiger partial charge >= 0.3 is 0 Å². The average molecular weight is 270 g/mol. The zero-order chi connectivity index (χ0) is 12.1. The lowest BCUT2D eigenvalue weighted by molar-refractivity contribution is 0.660. The van der Waals surface area contributed by atoms with Gasteiger partial charge in [0.1, 0.15) is 0 Å². The summed E-state index contributed by atoms with van der Waals surface area (Å²) >= 11 is 8.15. The number of rotatable bonds is 5. The molecule has 0 bridgehead atoms. The lowest BCUT2D eigenvalue weighted by Gasteiger charge is -2.18. The van der Waals surface area contributed by atoms with E-state index in [-0.39, 0.29) is 0 Å². The smallest absolute Gasteiger partial charge is 0.0410 e. The van der Waals surface area contributed by atoms with Crippen LogP contribution in [-0.2, 0) is 0 Å². The summed E-state index contributed by atoms with van der Waals surface area (Å²) in [6, 6.07) is 8.60. The molecule has 1 aromatic carbocycles. The lowest BCUT2D eigenvalue weighted by atomic mass is 10.1. The van der Waals surface area contributed by atoms with Crippen LogP contribution in [-0.4, -0.2) is 18.1 Å². The van der Waals surface area contributed by atoms with Crippen LogP contribution in [0.5, 0.6) is 0 Å². The van der Waals surface area contributed by atoms with Crippen molar-refractivity contribution in [2.24, 2.45) is 0 Å². The zero-order valence-corrected chi connectivity index (χ0v) is 11.9. The number of thioether (sulfide) groups is 1. The first-order chi connectivity index (χ1) is 8.29. The van der Waals surface area contributed by atoms with Crippen molar-refractivity contribution in [3.63, 3.8) is 0 Å². The van der Waals surface area contributed by atoms with Crippen LogP contribution in [0.4, 0.5) is 0 Å². The molecule has 1 aliphatic rings. The van der Waals surface area contributed by atoms with Crippen LogP contribution >= 0.6 is 23.4 Å². The van der Waals surface area contributed by atoms with E-state index < -0.39 is 0 Å². The van der Waals surface area contributed by atoms with Crippen LogP contribution in [0.2, 0.25) is 5.02 Å². The molecule has 17 heavy (non-hydrogen) atoms. The molecule has 1 aromatic rings. The van der Waals surface area contributed by atoms with Crippen molar-refractivity contribution in [3.05, 3.63) is 34.9 Å². The van der Waals surface area contributed by atoms with E-state index in [1.54, 1.807) is 0 Å². The van der Waals surface area contributed by atoms with Gasteiger partial charge in [0.05, 0.1) is 0 Å². The van der Waals surface area contributed by atoms with Gasteiger partial charge in [-0.1, -0.05) is 36.6 Å². The average Bonchev–Trinajstić information content (AvgIpc) is 2.83. The van der Waals surface area contributed by atoms with Gasteiger partial charge in [0.2, 0.25) is 0 Å². The summed E-state index contributed by atoms with van der Waals surface area (Å²) in [5, 5.41) is 5.10. The highest BCUT2D eigenvalue weighted by Gasteiger charge is 2.18. The Bertz CT molecular complexity index is 350. The summed E-state index contributed by atoms with van der Waals surface area (Å²) in [6.45, 7) is 0. The Morgan fingerprint density at radius 2 is 2.18 bits per heavy atom. The van der Waals surface area contributed by atoms with Gasteiger partial charge in [0.15, 0.2) is 0 Å². The highest BCUT2D eigenvalue weighted by Crippen LogP contribution is 2.32. The van der Waals surface area contributed by atoms with E-state index >= 15 is 0 Å². The molecular weight excluding hydrogens is 250 g/mol. The van der Waals surface area contributed by atoms with Crippen LogP contribution in [0.15, 0.2) is 24.3 Å². The molecule has 1 aliphatic carbocycles. The molecule has 0 heterocycles. The highest BCUT2D eigenvalue weighted by molar-refractivity contribution is 7.99. The predicted molar refractivity (Wildman–Crippen MR) is 78.0 cm³/mol. The van der Waals surface area contributed by atoms with Crippen LogP contribution in [0.3, 0.4) is 0 Å². The first-order valence-corrected chi connectivity index (χ1v) is 7.76. The van der Waals surface area contributed by atoms with Crippen molar-refractivity contribution in [1.82, 2.24) is 5.32 Å². The quantitative estimate of drug-likeness (QED) is 0.856. The topological polar surface area (TPSA) is 12.0 Å². The van der Waals surface area contributed by atoms with E-state index in [0.29, 0.717) is 6.04 Å². The number of nitrogens with one attached hydrogen (secondary N) is 1. The van der Waals surface area contributed by atoms with E-state index in [1.165, 1.54) is 31.2 Å². The van der Waals surface area contributed by atoms with E-state index in [0.717, 1.165) is 16.0 Å². The minimum Gasteiger partial charge on any atom is -0.312 e. The molecule has 0 aliphatic heterocycles. The number of halogens is 1. The van der Waals surface area contributed by atoms with Gasteiger partial charge in [0, 0.05) is 22.1 Å². The van der Waals surface area contributed by atoms with Gasteiger partial charge in [-0.25, -0.2) is 0 Å². The summed E-state index contributed by atoms with van der Waals surface area (Å²) in [5.41, 5.74) is 1.30. The van der Waals surface area contributed by atoms with Crippen LogP contribution in [0.25, 0.3) is 0 Å². The van der Waals surface area contributed by atoms with Gasteiger partial charge in [-0.3, -0.25) is 0 Å². The minimum atomic E-state index is 0.416. The van der Waals surface area contributed by atoms with Crippen molar-refractivity contribution in [2.45, 2.75) is 37.0 Å². The molecule has 3 heteroatoms. The van der Waals surface area contributed by atoms with Gasteiger partial charge in [0.25, 0.3) is 0 Å². The Hall–Kier alpha value is -0.180. The van der Waals surface area contributed by atoms with Gasteiger partial charge < -0.3 is 5.32 Å². The lowest BCUT2D eigenvalue weighted by Crippen LogP contribution is -2.19. The summed E-state index contributed by atoms with van der Waals surface area (Å²) in [7, 11) is 2.03. The van der Waals surface area contributed by atoms with Crippen LogP contribution in [0.1, 0.15) is 37.3 Å². The van der Waals surface area contributed by atoms with E-state index in [4.69, 9.17) is 11.6 Å². The first-order valence-electron chi connectivity index (χ1n) is 6.34. The molecule has 0 saturated heterocycles. The van der Waals surface area contributed by atoms with E-state index in [2.05, 4.69) is 29.2 Å². The molecule has 1 nitrogen and oxygen atoms in total. The van der Waals surface area contributed by atoms with E-state index in [9.17, 15) is 0 Å². The van der Waals surface area contributed by atoms with Crippen molar-refractivity contribution in [2.75, 3.05) is 12.8 Å². The molecule has 1 atom stereocenters. The fourth-order valence-corrected chi connectivity index (χ4v) is 4.05. The predicted octanol–water partition coefficient (Wildman–Crippen LogP) is 4.28. The van der Waals surface area contributed by atoms with Crippen molar-refractivity contribution in [3.8, 4) is 0 Å². The van der Waals surface area contributed by atoms with Crippen LogP contribution in [0, 0.1) is 0 Å². The third kappa shape index (κ3) is 3.90. The summed E-state index contributed by atoms with van der Waals surface area (Å²) in [4.78, 5) is 0. The summed E-state index contributed by atoms with van der Waals surface area (Å²) < 4.78 is 0. The Morgan fingerprint density at radius 1 is 1.41 bits per heavy atom. The number of hydrogen-bond acceptors (Lipinski definition) is 2. The molecule has 1 N–H and O–H groups in total. The molecule has 1 saturated carbocycles. The van der Waals surface area contributed by atoms with Gasteiger partial charge in [-0.05, 0) is 37.6 Å². The molecular formula is C14H20ClNS. The standard InChI is InChI=1S/C14H20ClNS/c1-16-14(10-17-13-7-2-3-8-13)11-5-4-6-12(15)9-11/h4-6,9,13-14,16H,2-3,7-8,10H2,1H3. The maximum absolute atomic E-state index is 6.04. The largest absolute Gasteiger partial charge is 0.312 e. The molecule has 0 aromatic heterocycles. The molecule has 0 radical (unpaired) electrons. The van der Waals surface area contributed by atoms with Gasteiger partial charge in [-0.15, -0.1) is 0 Å². The molecule has 1 unspecified atom stereocenters. The molecule has 0 amide bonds. The third-order valence-electron chi connectivity index (χ3n) is 3.40. The second kappa shape index (κ2) is 6.67. The Kier molecular flexibility index (Phi) is 5.20. The molecule has 0 spiro atoms. The SMILES string of the molecule is CNC(CSC1CCCC1)c1cccc(Cl)c1. The maximum Gasteiger partial charge on any atom is 0.0410 e. The van der Waals surface area contributed by atoms with E-state index in [1.807, 2.05) is 19.2 Å². The molecule has 1 fully saturated rings. The maximum atomic E-state index is 6.04. The number of hydrogen-bond donors (Lipinski definition) is 1. The van der Waals surface area contributed by atoms with Crippen molar-refractivity contribution in [1.29, 1.82) is 0 Å². The molecule has 2 rings (SSSR count). The normalized spacial score (nSPS) is 18.5. The van der Waals surface area contributed by atoms with Crippen molar-refractivity contribution >= 4 is 23.4 Å². The summed E-state index contributed by atoms with van der Waals surface area (Å²) in [6.07, 6.45) is 5.63. The Labute approximate surface area is 113 Å². The first kappa shape index (κ1) is 13.3. The zero-order valence-electron chi connectivity index (χ0n) is 10.3. The Morgan fingerprint density at radius 3 is 2.82 bits per heavy atom. The third-order valence-corrected chi connectivity index (χ3v) is 5.10.